The van der Waals surface area contributed by atoms with Crippen LogP contribution in [0.5, 0.6) is 0 Å². The first-order valence-electron chi connectivity index (χ1n) is 10.7. The summed E-state index contributed by atoms with van der Waals surface area (Å²) in [7, 11) is 0. The highest BCUT2D eigenvalue weighted by molar-refractivity contribution is 7.99. The van der Waals surface area contributed by atoms with Gasteiger partial charge in [0.1, 0.15) is 35.5 Å². The molecule has 1 aromatic heterocycles. The van der Waals surface area contributed by atoms with Crippen LogP contribution in [-0.4, -0.2) is 60.7 Å². The van der Waals surface area contributed by atoms with Crippen LogP contribution in [0, 0.1) is 17.5 Å². The third kappa shape index (κ3) is 4.53. The molecule has 0 aliphatic carbocycles. The molecule has 2 heterocycles. The summed E-state index contributed by atoms with van der Waals surface area (Å²) in [5, 5.41) is 41.5. The number of halogens is 3. The van der Waals surface area contributed by atoms with Crippen molar-refractivity contribution in [2.24, 2.45) is 0 Å². The molecule has 11 heteroatoms. The van der Waals surface area contributed by atoms with Gasteiger partial charge in [0.25, 0.3) is 0 Å². The van der Waals surface area contributed by atoms with Crippen LogP contribution in [0.4, 0.5) is 13.2 Å². The topological polar surface area (TPSA) is 101 Å². The van der Waals surface area contributed by atoms with Crippen LogP contribution >= 0.6 is 11.8 Å². The van der Waals surface area contributed by atoms with Gasteiger partial charge in [-0.3, -0.25) is 0 Å². The van der Waals surface area contributed by atoms with Crippen molar-refractivity contribution in [2.45, 2.75) is 34.7 Å². The number of thioether (sulfide) groups is 1. The molecule has 1 saturated heterocycles. The summed E-state index contributed by atoms with van der Waals surface area (Å²) < 4.78 is 47.6. The Bertz CT molecular complexity index is 1350. The van der Waals surface area contributed by atoms with Gasteiger partial charge in [0.15, 0.2) is 17.5 Å². The lowest BCUT2D eigenvalue weighted by Crippen LogP contribution is -2.55. The van der Waals surface area contributed by atoms with Crippen molar-refractivity contribution in [3.05, 3.63) is 78.2 Å². The lowest BCUT2D eigenvalue weighted by molar-refractivity contribution is -0.178. The second-order valence-electron chi connectivity index (χ2n) is 8.16. The summed E-state index contributed by atoms with van der Waals surface area (Å²) in [5.74, 6) is -4.36. The summed E-state index contributed by atoms with van der Waals surface area (Å²) >= 11 is 1.22. The number of rotatable bonds is 5. The van der Waals surface area contributed by atoms with Crippen molar-refractivity contribution >= 4 is 22.5 Å². The number of aliphatic hydroxyl groups excluding tert-OH is 3. The van der Waals surface area contributed by atoms with Crippen molar-refractivity contribution in [1.82, 2.24) is 15.0 Å². The first-order chi connectivity index (χ1) is 16.9. The quantitative estimate of drug-likeness (QED) is 0.360. The molecule has 0 radical (unpaired) electrons. The zero-order chi connectivity index (χ0) is 24.7. The van der Waals surface area contributed by atoms with E-state index in [0.29, 0.717) is 0 Å². The van der Waals surface area contributed by atoms with Crippen LogP contribution in [0.15, 0.2) is 65.7 Å². The molecule has 0 saturated carbocycles. The maximum absolute atomic E-state index is 13.7. The average Bonchev–Trinajstić information content (AvgIpc) is 3.34. The Morgan fingerprint density at radius 2 is 1.66 bits per heavy atom. The van der Waals surface area contributed by atoms with E-state index in [4.69, 9.17) is 4.74 Å². The Kier molecular flexibility index (Phi) is 6.51. The second kappa shape index (κ2) is 9.59. The van der Waals surface area contributed by atoms with E-state index in [2.05, 4.69) is 10.3 Å². The highest BCUT2D eigenvalue weighted by Crippen LogP contribution is 2.39. The van der Waals surface area contributed by atoms with Gasteiger partial charge in [0.05, 0.1) is 12.8 Å². The average molecular weight is 504 g/mol. The standard InChI is InChI=1S/C24H20F3N3O4S/c25-16-8-14(9-17(26)20(16)27)18-10-30(29-28-18)21-22(32)19(11-31)34-24(23(21)33)35-15-6-5-12-3-1-2-4-13(12)7-15/h1-10,19,21-24,31-33H,11H2/t19?,21?,22-,23?,24+/m0/s1. The number of aliphatic hydroxyl groups is 3. The Labute approximate surface area is 201 Å². The SMILES string of the molecule is OCC1O[C@H](Sc2ccc3ccccc3c2)C(O)C(n2cc(-c3cc(F)c(F)c(F)c3)nn2)[C@H]1O. The van der Waals surface area contributed by atoms with Gasteiger partial charge in [0, 0.05) is 10.5 Å². The van der Waals surface area contributed by atoms with Gasteiger partial charge in [0.2, 0.25) is 0 Å². The monoisotopic (exact) mass is 503 g/mol. The third-order valence-electron chi connectivity index (χ3n) is 5.92. The zero-order valence-electron chi connectivity index (χ0n) is 18.0. The fraction of sp³-hybridized carbons (Fsp3) is 0.250. The van der Waals surface area contributed by atoms with Gasteiger partial charge in [-0.1, -0.05) is 47.3 Å². The van der Waals surface area contributed by atoms with Gasteiger partial charge in [-0.2, -0.15) is 0 Å². The van der Waals surface area contributed by atoms with E-state index < -0.39 is 53.8 Å². The molecule has 35 heavy (non-hydrogen) atoms. The minimum absolute atomic E-state index is 0.00738. The van der Waals surface area contributed by atoms with Gasteiger partial charge in [-0.05, 0) is 35.0 Å². The van der Waals surface area contributed by atoms with Crippen molar-refractivity contribution in [1.29, 1.82) is 0 Å². The Morgan fingerprint density at radius 3 is 2.37 bits per heavy atom. The molecule has 5 atom stereocenters. The molecule has 1 aliphatic heterocycles. The molecular weight excluding hydrogens is 483 g/mol. The number of benzene rings is 3. The third-order valence-corrected chi connectivity index (χ3v) is 7.07. The molecule has 0 amide bonds. The first-order valence-corrected chi connectivity index (χ1v) is 11.6. The molecule has 4 aromatic rings. The van der Waals surface area contributed by atoms with Gasteiger partial charge >= 0.3 is 0 Å². The summed E-state index contributed by atoms with van der Waals surface area (Å²) in [6.45, 7) is -0.519. The number of aromatic nitrogens is 3. The lowest BCUT2D eigenvalue weighted by atomic mass is 9.97. The van der Waals surface area contributed by atoms with Crippen molar-refractivity contribution in [3.8, 4) is 11.3 Å². The maximum Gasteiger partial charge on any atom is 0.194 e. The molecule has 1 fully saturated rings. The zero-order valence-corrected chi connectivity index (χ0v) is 18.8. The van der Waals surface area contributed by atoms with E-state index in [-0.39, 0.29) is 11.3 Å². The maximum atomic E-state index is 13.7. The van der Waals surface area contributed by atoms with Gasteiger partial charge in [-0.25, -0.2) is 17.9 Å². The Hall–Kier alpha value is -2.96. The fourth-order valence-electron chi connectivity index (χ4n) is 4.11. The summed E-state index contributed by atoms with van der Waals surface area (Å²) in [6, 6.07) is 14.0. The first kappa shape index (κ1) is 23.8. The number of ether oxygens (including phenoxy) is 1. The number of fused-ring (bicyclic) bond motifs is 1. The molecule has 3 unspecified atom stereocenters. The van der Waals surface area contributed by atoms with E-state index in [0.717, 1.165) is 32.5 Å². The Balaban J connectivity index is 1.44. The largest absolute Gasteiger partial charge is 0.394 e. The van der Waals surface area contributed by atoms with Crippen molar-refractivity contribution in [2.75, 3.05) is 6.61 Å². The number of nitrogens with zero attached hydrogens (tertiary/aromatic N) is 3. The Morgan fingerprint density at radius 1 is 0.943 bits per heavy atom. The summed E-state index contributed by atoms with van der Waals surface area (Å²) in [5.41, 5.74) is -0.937. The predicted octanol–water partition coefficient (Wildman–Crippen LogP) is 3.29. The van der Waals surface area contributed by atoms with Crippen molar-refractivity contribution < 1.29 is 33.2 Å². The molecule has 3 N–H and O–H groups in total. The van der Waals surface area contributed by atoms with E-state index >= 15 is 0 Å². The molecule has 182 valence electrons. The van der Waals surface area contributed by atoms with Gasteiger partial charge < -0.3 is 20.1 Å². The van der Waals surface area contributed by atoms with Crippen LogP contribution < -0.4 is 0 Å². The highest BCUT2D eigenvalue weighted by atomic mass is 32.2. The fourth-order valence-corrected chi connectivity index (χ4v) is 5.22. The molecule has 7 nitrogen and oxygen atoms in total. The lowest BCUT2D eigenvalue weighted by Gasteiger charge is -2.41. The number of hydrogen-bond acceptors (Lipinski definition) is 7. The molecule has 3 aromatic carbocycles. The summed E-state index contributed by atoms with van der Waals surface area (Å²) in [6.07, 6.45) is -2.41. The molecule has 0 spiro atoms. The highest BCUT2D eigenvalue weighted by Gasteiger charge is 2.46. The van der Waals surface area contributed by atoms with Crippen LogP contribution in [0.1, 0.15) is 6.04 Å². The normalized spacial score (nSPS) is 24.7. The van der Waals surface area contributed by atoms with E-state index in [1.807, 2.05) is 42.5 Å². The van der Waals surface area contributed by atoms with Crippen LogP contribution in [0.3, 0.4) is 0 Å². The predicted molar refractivity (Wildman–Crippen MR) is 122 cm³/mol. The minimum Gasteiger partial charge on any atom is -0.394 e. The van der Waals surface area contributed by atoms with Gasteiger partial charge in [-0.15, -0.1) is 5.10 Å². The smallest absolute Gasteiger partial charge is 0.194 e. The number of hydrogen-bond donors (Lipinski definition) is 3. The van der Waals surface area contributed by atoms with Crippen LogP contribution in [-0.2, 0) is 4.74 Å². The molecule has 0 bridgehead atoms. The van der Waals surface area contributed by atoms with Crippen LogP contribution in [0.2, 0.25) is 0 Å². The molecule has 5 rings (SSSR count). The molecule has 1 aliphatic rings. The van der Waals surface area contributed by atoms with E-state index in [1.165, 1.54) is 18.0 Å². The van der Waals surface area contributed by atoms with E-state index in [9.17, 15) is 28.5 Å². The van der Waals surface area contributed by atoms with E-state index in [1.54, 1.807) is 0 Å². The molecular formula is C24H20F3N3O4S. The minimum atomic E-state index is -1.60. The van der Waals surface area contributed by atoms with Crippen LogP contribution in [0.25, 0.3) is 22.0 Å². The summed E-state index contributed by atoms with van der Waals surface area (Å²) in [4.78, 5) is 0.802. The second-order valence-corrected chi connectivity index (χ2v) is 9.33. The van der Waals surface area contributed by atoms with Crippen molar-refractivity contribution in [3.63, 3.8) is 0 Å².